The summed E-state index contributed by atoms with van der Waals surface area (Å²) in [5, 5.41) is 0. The molecule has 1 aromatic carbocycles. The zero-order valence-corrected chi connectivity index (χ0v) is 12.6. The third-order valence-electron chi connectivity index (χ3n) is 3.89. The Morgan fingerprint density at radius 1 is 1.38 bits per heavy atom. The van der Waals surface area contributed by atoms with Crippen molar-refractivity contribution in [3.05, 3.63) is 29.6 Å². The van der Waals surface area contributed by atoms with Gasteiger partial charge in [0.15, 0.2) is 0 Å². The zero-order valence-electron chi connectivity index (χ0n) is 12.6. The highest BCUT2D eigenvalue weighted by atomic mass is 19.1. The topological polar surface area (TPSA) is 38.8 Å². The second kappa shape index (κ2) is 7.41. The number of carbonyl (C=O) groups excluding carboxylic acids is 1. The van der Waals surface area contributed by atoms with E-state index in [-0.39, 0.29) is 17.7 Å². The molecule has 0 saturated carbocycles. The third-order valence-corrected chi connectivity index (χ3v) is 3.89. The Hall–Kier alpha value is -1.62. The summed E-state index contributed by atoms with van der Waals surface area (Å²) in [6.07, 6.45) is 1.70. The summed E-state index contributed by atoms with van der Waals surface area (Å²) in [7, 11) is 1.53. The van der Waals surface area contributed by atoms with Crippen molar-refractivity contribution >= 4 is 5.97 Å². The molecule has 4 nitrogen and oxygen atoms in total. The van der Waals surface area contributed by atoms with Crippen LogP contribution in [0.15, 0.2) is 18.2 Å². The van der Waals surface area contributed by atoms with Gasteiger partial charge in [0.1, 0.15) is 11.6 Å². The average molecular weight is 295 g/mol. The number of hydrogen-bond donors (Lipinski definition) is 0. The molecule has 116 valence electrons. The van der Waals surface area contributed by atoms with Crippen molar-refractivity contribution in [2.45, 2.75) is 25.7 Å². The molecule has 5 heteroatoms. The van der Waals surface area contributed by atoms with Gasteiger partial charge in [0.25, 0.3) is 0 Å². The monoisotopic (exact) mass is 295 g/mol. The van der Waals surface area contributed by atoms with E-state index >= 15 is 0 Å². The van der Waals surface area contributed by atoms with Crippen LogP contribution in [0.5, 0.6) is 5.75 Å². The number of likely N-dealkylation sites (tertiary alicyclic amines) is 1. The summed E-state index contributed by atoms with van der Waals surface area (Å²) in [5.41, 5.74) is 0.742. The molecule has 21 heavy (non-hydrogen) atoms. The van der Waals surface area contributed by atoms with Crippen LogP contribution in [-0.4, -0.2) is 44.2 Å². The Balaban J connectivity index is 1.90. The fourth-order valence-corrected chi connectivity index (χ4v) is 2.76. The van der Waals surface area contributed by atoms with E-state index in [2.05, 4.69) is 4.90 Å². The van der Waals surface area contributed by atoms with Crippen molar-refractivity contribution in [2.24, 2.45) is 0 Å². The average Bonchev–Trinajstić information content (AvgIpc) is 2.48. The highest BCUT2D eigenvalue weighted by molar-refractivity contribution is 5.71. The van der Waals surface area contributed by atoms with Crippen LogP contribution < -0.4 is 4.74 Å². The number of ether oxygens (including phenoxy) is 2. The molecule has 0 N–H and O–H groups in total. The lowest BCUT2D eigenvalue weighted by molar-refractivity contribution is -0.144. The normalized spacial score (nSPS) is 16.7. The van der Waals surface area contributed by atoms with Gasteiger partial charge in [0, 0.05) is 6.07 Å². The summed E-state index contributed by atoms with van der Waals surface area (Å²) in [4.78, 5) is 13.5. The van der Waals surface area contributed by atoms with Crippen molar-refractivity contribution in [1.82, 2.24) is 4.90 Å². The molecule has 1 heterocycles. The van der Waals surface area contributed by atoms with E-state index in [0.717, 1.165) is 31.5 Å². The maximum absolute atomic E-state index is 14.1. The van der Waals surface area contributed by atoms with Crippen molar-refractivity contribution in [2.75, 3.05) is 33.4 Å². The quantitative estimate of drug-likeness (QED) is 0.783. The Morgan fingerprint density at radius 2 is 2.10 bits per heavy atom. The van der Waals surface area contributed by atoms with Crippen LogP contribution in [-0.2, 0) is 9.53 Å². The molecule has 0 atom stereocenters. The van der Waals surface area contributed by atoms with Crippen molar-refractivity contribution in [3.63, 3.8) is 0 Å². The molecule has 0 bridgehead atoms. The molecule has 1 fully saturated rings. The summed E-state index contributed by atoms with van der Waals surface area (Å²) in [6, 6.07) is 5.03. The summed E-state index contributed by atoms with van der Waals surface area (Å²) in [6.45, 7) is 4.11. The van der Waals surface area contributed by atoms with Crippen molar-refractivity contribution < 1.29 is 18.7 Å². The van der Waals surface area contributed by atoms with Crippen LogP contribution in [0.4, 0.5) is 4.39 Å². The summed E-state index contributed by atoms with van der Waals surface area (Å²) in [5.74, 6) is 0.343. The Labute approximate surface area is 124 Å². The molecule has 0 radical (unpaired) electrons. The number of nitrogens with zero attached hydrogens (tertiary/aromatic N) is 1. The first kappa shape index (κ1) is 15.8. The predicted molar refractivity (Wildman–Crippen MR) is 78.0 cm³/mol. The molecule has 0 aliphatic carbocycles. The van der Waals surface area contributed by atoms with Crippen LogP contribution in [0.3, 0.4) is 0 Å². The molecule has 1 aromatic rings. The van der Waals surface area contributed by atoms with Gasteiger partial charge in [-0.3, -0.25) is 9.69 Å². The zero-order chi connectivity index (χ0) is 15.2. The van der Waals surface area contributed by atoms with Gasteiger partial charge in [-0.05, 0) is 50.4 Å². The maximum Gasteiger partial charge on any atom is 0.320 e. The number of hydrogen-bond acceptors (Lipinski definition) is 4. The standard InChI is InChI=1S/C16H22FNO3/c1-3-21-16(19)11-18-8-6-12(7-9-18)14-5-4-13(20-2)10-15(14)17/h4-5,10,12H,3,6-9,11H2,1-2H3. The highest BCUT2D eigenvalue weighted by Crippen LogP contribution is 2.31. The first-order chi connectivity index (χ1) is 10.1. The van der Waals surface area contributed by atoms with Crippen molar-refractivity contribution in [3.8, 4) is 5.75 Å². The lowest BCUT2D eigenvalue weighted by Crippen LogP contribution is -2.37. The van der Waals surface area contributed by atoms with Gasteiger partial charge < -0.3 is 9.47 Å². The van der Waals surface area contributed by atoms with Crippen LogP contribution in [0.2, 0.25) is 0 Å². The Morgan fingerprint density at radius 3 is 2.67 bits per heavy atom. The molecule has 0 spiro atoms. The minimum atomic E-state index is -0.210. The molecular formula is C16H22FNO3. The van der Waals surface area contributed by atoms with Crippen molar-refractivity contribution in [1.29, 1.82) is 0 Å². The molecule has 1 aliphatic heterocycles. The first-order valence-corrected chi connectivity index (χ1v) is 7.35. The van der Waals surface area contributed by atoms with E-state index in [0.29, 0.717) is 18.9 Å². The molecule has 1 aliphatic rings. The number of carbonyl (C=O) groups is 1. The fraction of sp³-hybridized carbons (Fsp3) is 0.562. The van der Waals surface area contributed by atoms with Crippen LogP contribution in [0.1, 0.15) is 31.2 Å². The van der Waals surface area contributed by atoms with E-state index in [4.69, 9.17) is 9.47 Å². The van der Waals surface area contributed by atoms with E-state index in [1.54, 1.807) is 19.1 Å². The fourth-order valence-electron chi connectivity index (χ4n) is 2.76. The van der Waals surface area contributed by atoms with Gasteiger partial charge in [-0.15, -0.1) is 0 Å². The number of halogens is 1. The lowest BCUT2D eigenvalue weighted by atomic mass is 9.89. The third kappa shape index (κ3) is 4.17. The minimum absolute atomic E-state index is 0.188. The lowest BCUT2D eigenvalue weighted by Gasteiger charge is -2.31. The Kier molecular flexibility index (Phi) is 5.56. The number of piperidine rings is 1. The maximum atomic E-state index is 14.1. The molecular weight excluding hydrogens is 273 g/mol. The predicted octanol–water partition coefficient (Wildman–Crippen LogP) is 2.58. The Bertz CT molecular complexity index is 484. The second-order valence-electron chi connectivity index (χ2n) is 5.24. The van der Waals surface area contributed by atoms with E-state index in [9.17, 15) is 9.18 Å². The van der Waals surface area contributed by atoms with E-state index in [1.165, 1.54) is 13.2 Å². The van der Waals surface area contributed by atoms with Gasteiger partial charge in [-0.25, -0.2) is 4.39 Å². The SMILES string of the molecule is CCOC(=O)CN1CCC(c2ccc(OC)cc2F)CC1. The van der Waals surface area contributed by atoms with Gasteiger partial charge in [-0.1, -0.05) is 6.07 Å². The molecule has 1 saturated heterocycles. The molecule has 2 rings (SSSR count). The van der Waals surface area contributed by atoms with Crippen LogP contribution >= 0.6 is 0 Å². The minimum Gasteiger partial charge on any atom is -0.497 e. The van der Waals surface area contributed by atoms with Gasteiger partial charge in [0.05, 0.1) is 20.3 Å². The molecule has 0 amide bonds. The van der Waals surface area contributed by atoms with E-state index < -0.39 is 0 Å². The van der Waals surface area contributed by atoms with Crippen LogP contribution in [0, 0.1) is 5.82 Å². The first-order valence-electron chi connectivity index (χ1n) is 7.35. The van der Waals surface area contributed by atoms with Gasteiger partial charge in [-0.2, -0.15) is 0 Å². The van der Waals surface area contributed by atoms with E-state index in [1.807, 2.05) is 0 Å². The summed E-state index contributed by atoms with van der Waals surface area (Å²) >= 11 is 0. The number of rotatable bonds is 5. The molecule has 0 unspecified atom stereocenters. The van der Waals surface area contributed by atoms with Crippen LogP contribution in [0.25, 0.3) is 0 Å². The highest BCUT2D eigenvalue weighted by Gasteiger charge is 2.24. The van der Waals surface area contributed by atoms with Gasteiger partial charge in [0.2, 0.25) is 0 Å². The van der Waals surface area contributed by atoms with Gasteiger partial charge >= 0.3 is 5.97 Å². The number of methoxy groups -OCH3 is 1. The number of esters is 1. The summed E-state index contributed by atoms with van der Waals surface area (Å²) < 4.78 is 24.0. The largest absolute Gasteiger partial charge is 0.497 e. The molecule has 0 aromatic heterocycles. The number of benzene rings is 1. The second-order valence-corrected chi connectivity index (χ2v) is 5.24. The smallest absolute Gasteiger partial charge is 0.320 e.